The lowest BCUT2D eigenvalue weighted by molar-refractivity contribution is 0.0731. The molecule has 0 saturated heterocycles. The molecule has 0 aliphatic carbocycles. The van der Waals surface area contributed by atoms with Crippen LogP contribution in [-0.2, 0) is 0 Å². The first-order chi connectivity index (χ1) is 6.61. The smallest absolute Gasteiger partial charge is 0.294 e. The summed E-state index contributed by atoms with van der Waals surface area (Å²) in [5.41, 5.74) is 0.544. The predicted octanol–water partition coefficient (Wildman–Crippen LogP) is 2.12. The topological polar surface area (TPSA) is 46.3 Å². The Balaban J connectivity index is 2.94. The van der Waals surface area contributed by atoms with Crippen molar-refractivity contribution in [3.63, 3.8) is 0 Å². The van der Waals surface area contributed by atoms with Gasteiger partial charge in [0.25, 0.3) is 5.91 Å². The summed E-state index contributed by atoms with van der Waals surface area (Å²) < 4.78 is 4.87. The van der Waals surface area contributed by atoms with Crippen molar-refractivity contribution in [2.75, 3.05) is 13.1 Å². The normalized spacial score (nSPS) is 10.3. The highest BCUT2D eigenvalue weighted by Gasteiger charge is 2.22. The van der Waals surface area contributed by atoms with Crippen LogP contribution < -0.4 is 0 Å². The first-order valence-corrected chi connectivity index (χ1v) is 4.90. The van der Waals surface area contributed by atoms with Gasteiger partial charge in [0.05, 0.1) is 5.69 Å². The second-order valence-corrected chi connectivity index (χ2v) is 3.27. The zero-order valence-electron chi connectivity index (χ0n) is 8.50. The Morgan fingerprint density at radius 2 is 2.07 bits per heavy atom. The van der Waals surface area contributed by atoms with E-state index in [1.807, 2.05) is 13.8 Å². The average Bonchev–Trinajstić information content (AvgIpc) is 2.49. The van der Waals surface area contributed by atoms with Gasteiger partial charge < -0.3 is 9.42 Å². The molecule has 14 heavy (non-hydrogen) atoms. The molecule has 0 aliphatic rings. The summed E-state index contributed by atoms with van der Waals surface area (Å²) in [5.74, 6) is -0.0755. The molecule has 5 heteroatoms. The molecule has 1 heterocycles. The van der Waals surface area contributed by atoms with Gasteiger partial charge in [0.15, 0.2) is 0 Å². The van der Waals surface area contributed by atoms with E-state index in [9.17, 15) is 4.79 Å². The van der Waals surface area contributed by atoms with Crippen LogP contribution in [0.4, 0.5) is 0 Å². The molecule has 0 saturated carbocycles. The fourth-order valence-corrected chi connectivity index (χ4v) is 1.30. The van der Waals surface area contributed by atoms with Gasteiger partial charge in [-0.3, -0.25) is 4.79 Å². The molecule has 0 unspecified atom stereocenters. The van der Waals surface area contributed by atoms with Crippen molar-refractivity contribution < 1.29 is 9.32 Å². The molecule has 0 bridgehead atoms. The van der Waals surface area contributed by atoms with Crippen molar-refractivity contribution >= 4 is 17.5 Å². The number of carbonyl (C=O) groups is 1. The van der Waals surface area contributed by atoms with Gasteiger partial charge in [-0.05, 0) is 20.8 Å². The van der Waals surface area contributed by atoms with Crippen LogP contribution in [0.15, 0.2) is 4.52 Å². The van der Waals surface area contributed by atoms with Gasteiger partial charge in [0, 0.05) is 13.1 Å². The number of hydrogen-bond donors (Lipinski definition) is 0. The summed E-state index contributed by atoms with van der Waals surface area (Å²) in [6.07, 6.45) is 0. The molecule has 0 fully saturated rings. The number of nitrogens with zero attached hydrogens (tertiary/aromatic N) is 2. The summed E-state index contributed by atoms with van der Waals surface area (Å²) in [6, 6.07) is 0. The highest BCUT2D eigenvalue weighted by Crippen LogP contribution is 2.21. The van der Waals surface area contributed by atoms with Crippen LogP contribution in [0.2, 0.25) is 5.02 Å². The van der Waals surface area contributed by atoms with Crippen molar-refractivity contribution in [1.82, 2.24) is 10.1 Å². The molecule has 1 aromatic rings. The first kappa shape index (κ1) is 11.0. The van der Waals surface area contributed by atoms with E-state index in [1.165, 1.54) is 0 Å². The monoisotopic (exact) mass is 216 g/mol. The summed E-state index contributed by atoms with van der Waals surface area (Å²) >= 11 is 5.86. The number of amides is 1. The number of hydrogen-bond acceptors (Lipinski definition) is 3. The highest BCUT2D eigenvalue weighted by atomic mass is 35.5. The van der Waals surface area contributed by atoms with E-state index in [0.717, 1.165) is 0 Å². The molecule has 1 amide bonds. The summed E-state index contributed by atoms with van der Waals surface area (Å²) in [4.78, 5) is 13.4. The number of aromatic nitrogens is 1. The maximum Gasteiger partial charge on any atom is 0.294 e. The zero-order chi connectivity index (χ0) is 10.7. The largest absolute Gasteiger partial charge is 0.349 e. The fourth-order valence-electron chi connectivity index (χ4n) is 1.15. The third kappa shape index (κ3) is 1.90. The minimum atomic E-state index is -0.208. The summed E-state index contributed by atoms with van der Waals surface area (Å²) in [5, 5.41) is 3.94. The maximum atomic E-state index is 11.7. The molecule has 0 radical (unpaired) electrons. The van der Waals surface area contributed by atoms with E-state index >= 15 is 0 Å². The van der Waals surface area contributed by atoms with E-state index in [4.69, 9.17) is 16.1 Å². The Morgan fingerprint density at radius 1 is 1.50 bits per heavy atom. The van der Waals surface area contributed by atoms with Crippen molar-refractivity contribution in [2.45, 2.75) is 20.8 Å². The Bertz CT molecular complexity index is 332. The molecule has 0 spiro atoms. The first-order valence-electron chi connectivity index (χ1n) is 4.52. The van der Waals surface area contributed by atoms with E-state index in [1.54, 1.807) is 11.8 Å². The molecule has 78 valence electrons. The van der Waals surface area contributed by atoms with Gasteiger partial charge in [-0.25, -0.2) is 0 Å². The van der Waals surface area contributed by atoms with Gasteiger partial charge in [-0.1, -0.05) is 16.8 Å². The van der Waals surface area contributed by atoms with Crippen LogP contribution in [0.1, 0.15) is 30.1 Å². The van der Waals surface area contributed by atoms with Crippen LogP contribution in [0.5, 0.6) is 0 Å². The molecule has 0 atom stereocenters. The average molecular weight is 217 g/mol. The Kier molecular flexibility index (Phi) is 3.52. The SMILES string of the molecule is CCN(CC)C(=O)c1onc(C)c1Cl. The molecular formula is C9H13ClN2O2. The van der Waals surface area contributed by atoms with Gasteiger partial charge >= 0.3 is 0 Å². The van der Waals surface area contributed by atoms with Crippen LogP contribution in [0.25, 0.3) is 0 Å². The van der Waals surface area contributed by atoms with Gasteiger partial charge in [-0.2, -0.15) is 0 Å². The lowest BCUT2D eigenvalue weighted by atomic mass is 10.3. The Hall–Kier alpha value is -1.03. The third-order valence-corrected chi connectivity index (χ3v) is 2.48. The van der Waals surface area contributed by atoms with Crippen LogP contribution in [0.3, 0.4) is 0 Å². The molecule has 4 nitrogen and oxygen atoms in total. The van der Waals surface area contributed by atoms with Crippen molar-refractivity contribution in [1.29, 1.82) is 0 Å². The van der Waals surface area contributed by atoms with Gasteiger partial charge in [0.2, 0.25) is 5.76 Å². The zero-order valence-corrected chi connectivity index (χ0v) is 9.26. The predicted molar refractivity (Wildman–Crippen MR) is 53.5 cm³/mol. The summed E-state index contributed by atoms with van der Waals surface area (Å²) in [6.45, 7) is 6.76. The van der Waals surface area contributed by atoms with Crippen LogP contribution in [0, 0.1) is 6.92 Å². The minimum Gasteiger partial charge on any atom is -0.349 e. The van der Waals surface area contributed by atoms with Crippen molar-refractivity contribution in [3.8, 4) is 0 Å². The Labute approximate surface area is 87.8 Å². The van der Waals surface area contributed by atoms with E-state index in [-0.39, 0.29) is 11.7 Å². The standard InChI is InChI=1S/C9H13ClN2O2/c1-4-12(5-2)9(13)8-7(10)6(3)11-14-8/h4-5H2,1-3H3. The second-order valence-electron chi connectivity index (χ2n) is 2.89. The third-order valence-electron chi connectivity index (χ3n) is 2.04. The van der Waals surface area contributed by atoms with E-state index in [2.05, 4.69) is 5.16 Å². The lowest BCUT2D eigenvalue weighted by Crippen LogP contribution is -2.30. The van der Waals surface area contributed by atoms with Gasteiger partial charge in [0.1, 0.15) is 5.02 Å². The van der Waals surface area contributed by atoms with Crippen LogP contribution in [-0.4, -0.2) is 29.1 Å². The second kappa shape index (κ2) is 4.46. The molecule has 0 N–H and O–H groups in total. The van der Waals surface area contributed by atoms with Crippen molar-refractivity contribution in [2.24, 2.45) is 0 Å². The van der Waals surface area contributed by atoms with Crippen molar-refractivity contribution in [3.05, 3.63) is 16.5 Å². The van der Waals surface area contributed by atoms with Crippen LogP contribution >= 0.6 is 11.6 Å². The quantitative estimate of drug-likeness (QED) is 0.778. The molecule has 1 aromatic heterocycles. The maximum absolute atomic E-state index is 11.7. The number of carbonyl (C=O) groups excluding carboxylic acids is 1. The number of rotatable bonds is 3. The van der Waals surface area contributed by atoms with E-state index < -0.39 is 0 Å². The molecule has 0 aliphatic heterocycles. The highest BCUT2D eigenvalue weighted by molar-refractivity contribution is 6.33. The number of aryl methyl sites for hydroxylation is 1. The lowest BCUT2D eigenvalue weighted by Gasteiger charge is -2.16. The molecular weight excluding hydrogens is 204 g/mol. The van der Waals surface area contributed by atoms with E-state index in [0.29, 0.717) is 23.8 Å². The number of halogens is 1. The Morgan fingerprint density at radius 3 is 2.43 bits per heavy atom. The molecule has 1 rings (SSSR count). The molecule has 0 aromatic carbocycles. The fraction of sp³-hybridized carbons (Fsp3) is 0.556. The minimum absolute atomic E-state index is 0.132. The summed E-state index contributed by atoms with van der Waals surface area (Å²) in [7, 11) is 0. The van der Waals surface area contributed by atoms with Gasteiger partial charge in [-0.15, -0.1) is 0 Å².